The first-order chi connectivity index (χ1) is 13.0. The molecule has 0 saturated carbocycles. The summed E-state index contributed by atoms with van der Waals surface area (Å²) in [5, 5.41) is 0. The molecule has 0 aromatic carbocycles. The maximum Gasteiger partial charge on any atom is 0.305 e. The van der Waals surface area contributed by atoms with Gasteiger partial charge in [-0.15, -0.1) is 0 Å². The number of esters is 2. The predicted molar refractivity (Wildman–Crippen MR) is 116 cm³/mol. The quantitative estimate of drug-likeness (QED) is 0.231. The molecule has 0 aliphatic carbocycles. The zero-order valence-corrected chi connectivity index (χ0v) is 19.9. The first-order valence-electron chi connectivity index (χ1n) is 11.3. The van der Waals surface area contributed by atoms with Gasteiger partial charge in [0.05, 0.1) is 13.2 Å². The average molecular weight is 399 g/mol. The van der Waals surface area contributed by atoms with Crippen LogP contribution in [0.2, 0.25) is 0 Å². The molecule has 2 unspecified atom stereocenters. The Morgan fingerprint density at radius 2 is 1.00 bits per heavy atom. The van der Waals surface area contributed by atoms with Gasteiger partial charge in [0.25, 0.3) is 0 Å². The van der Waals surface area contributed by atoms with Gasteiger partial charge in [-0.3, -0.25) is 9.59 Å². The van der Waals surface area contributed by atoms with Gasteiger partial charge in [0, 0.05) is 23.7 Å². The Balaban J connectivity index is 3.81. The fraction of sp³-hybridized carbons (Fsp3) is 0.917. The molecule has 0 rings (SSSR count). The van der Waals surface area contributed by atoms with E-state index in [9.17, 15) is 9.59 Å². The Bertz CT molecular complexity index is 412. The van der Waals surface area contributed by atoms with Crippen LogP contribution in [-0.4, -0.2) is 25.2 Å². The molecular weight excluding hydrogens is 352 g/mol. The van der Waals surface area contributed by atoms with Crippen molar-refractivity contribution in [2.45, 2.75) is 107 Å². The summed E-state index contributed by atoms with van der Waals surface area (Å²) in [7, 11) is 0. The topological polar surface area (TPSA) is 52.6 Å². The molecule has 4 nitrogen and oxygen atoms in total. The molecule has 0 amide bonds. The third-order valence-electron chi connectivity index (χ3n) is 6.61. The largest absolute Gasteiger partial charge is 0.465 e. The van der Waals surface area contributed by atoms with Gasteiger partial charge in [-0.25, -0.2) is 0 Å². The second kappa shape index (κ2) is 13.2. The van der Waals surface area contributed by atoms with Crippen molar-refractivity contribution in [2.24, 2.45) is 22.7 Å². The molecule has 4 heteroatoms. The lowest BCUT2D eigenvalue weighted by Gasteiger charge is -2.30. The lowest BCUT2D eigenvalue weighted by molar-refractivity contribution is -0.149. The van der Waals surface area contributed by atoms with E-state index in [0.717, 1.165) is 38.5 Å². The van der Waals surface area contributed by atoms with Crippen LogP contribution in [0.5, 0.6) is 0 Å². The van der Waals surface area contributed by atoms with Gasteiger partial charge in [0.1, 0.15) is 0 Å². The van der Waals surface area contributed by atoms with Crippen molar-refractivity contribution in [1.29, 1.82) is 0 Å². The van der Waals surface area contributed by atoms with Gasteiger partial charge in [0.15, 0.2) is 0 Å². The molecule has 28 heavy (non-hydrogen) atoms. The standard InChI is InChI=1S/C24H46O4/c1-9-19(3)23(5,6)17-27-21(25)15-13-11-12-14-16-22(26)28-18-24(7,8)20(4)10-2/h19-20H,9-18H2,1-8H3. The summed E-state index contributed by atoms with van der Waals surface area (Å²) in [5.41, 5.74) is 0.0442. The van der Waals surface area contributed by atoms with E-state index in [-0.39, 0.29) is 22.8 Å². The lowest BCUT2D eigenvalue weighted by Crippen LogP contribution is -2.28. The van der Waals surface area contributed by atoms with Crippen molar-refractivity contribution < 1.29 is 19.1 Å². The van der Waals surface area contributed by atoms with Crippen LogP contribution in [0.3, 0.4) is 0 Å². The number of ether oxygens (including phenoxy) is 2. The van der Waals surface area contributed by atoms with Gasteiger partial charge in [-0.1, -0.05) is 81.1 Å². The van der Waals surface area contributed by atoms with Crippen molar-refractivity contribution in [1.82, 2.24) is 0 Å². The van der Waals surface area contributed by atoms with Crippen LogP contribution in [0.15, 0.2) is 0 Å². The number of carbonyl (C=O) groups excluding carboxylic acids is 2. The van der Waals surface area contributed by atoms with E-state index in [1.807, 2.05) is 0 Å². The number of rotatable bonds is 15. The van der Waals surface area contributed by atoms with Crippen molar-refractivity contribution in [3.05, 3.63) is 0 Å². The summed E-state index contributed by atoms with van der Waals surface area (Å²) < 4.78 is 10.9. The van der Waals surface area contributed by atoms with Gasteiger partial charge in [-0.05, 0) is 24.7 Å². The van der Waals surface area contributed by atoms with E-state index in [4.69, 9.17) is 9.47 Å². The minimum absolute atomic E-state index is 0.0221. The van der Waals surface area contributed by atoms with Crippen LogP contribution in [0, 0.1) is 22.7 Å². The van der Waals surface area contributed by atoms with E-state index in [0.29, 0.717) is 37.9 Å². The molecule has 0 radical (unpaired) electrons. The first kappa shape index (κ1) is 26.9. The van der Waals surface area contributed by atoms with Gasteiger partial charge in [-0.2, -0.15) is 0 Å². The molecule has 0 aromatic rings. The Morgan fingerprint density at radius 3 is 1.29 bits per heavy atom. The first-order valence-corrected chi connectivity index (χ1v) is 11.3. The van der Waals surface area contributed by atoms with Gasteiger partial charge in [0.2, 0.25) is 0 Å². The summed E-state index contributed by atoms with van der Waals surface area (Å²) in [4.78, 5) is 23.8. The van der Waals surface area contributed by atoms with Crippen LogP contribution in [-0.2, 0) is 19.1 Å². The van der Waals surface area contributed by atoms with E-state index in [1.54, 1.807) is 0 Å². The van der Waals surface area contributed by atoms with E-state index in [1.165, 1.54) is 0 Å². The van der Waals surface area contributed by atoms with Crippen molar-refractivity contribution >= 4 is 11.9 Å². The Hall–Kier alpha value is -1.06. The zero-order chi connectivity index (χ0) is 21.8. The van der Waals surface area contributed by atoms with Crippen LogP contribution < -0.4 is 0 Å². The van der Waals surface area contributed by atoms with Crippen molar-refractivity contribution in [2.75, 3.05) is 13.2 Å². The third-order valence-corrected chi connectivity index (χ3v) is 6.61. The molecule has 0 N–H and O–H groups in total. The second-order valence-corrected chi connectivity index (χ2v) is 9.83. The maximum atomic E-state index is 11.9. The number of carbonyl (C=O) groups is 2. The normalized spacial score (nSPS) is 14.4. The summed E-state index contributed by atoms with van der Waals surface area (Å²) >= 11 is 0. The van der Waals surface area contributed by atoms with E-state index in [2.05, 4.69) is 55.4 Å². The summed E-state index contributed by atoms with van der Waals surface area (Å²) in [6, 6.07) is 0. The molecule has 0 aromatic heterocycles. The minimum atomic E-state index is -0.108. The molecule has 0 bridgehead atoms. The number of unbranched alkanes of at least 4 members (excludes halogenated alkanes) is 3. The average Bonchev–Trinajstić information content (AvgIpc) is 2.65. The molecule has 0 aliphatic rings. The zero-order valence-electron chi connectivity index (χ0n) is 19.9. The molecular formula is C24H46O4. The molecule has 166 valence electrons. The molecule has 2 atom stereocenters. The highest BCUT2D eigenvalue weighted by atomic mass is 16.5. The monoisotopic (exact) mass is 398 g/mol. The van der Waals surface area contributed by atoms with Crippen LogP contribution in [0.1, 0.15) is 107 Å². The second-order valence-electron chi connectivity index (χ2n) is 9.83. The molecule has 0 aliphatic heterocycles. The molecule has 0 spiro atoms. The lowest BCUT2D eigenvalue weighted by atomic mass is 9.79. The highest BCUT2D eigenvalue weighted by Crippen LogP contribution is 2.30. The Labute approximate surface area is 174 Å². The number of hydrogen-bond acceptors (Lipinski definition) is 4. The van der Waals surface area contributed by atoms with Gasteiger partial charge < -0.3 is 9.47 Å². The summed E-state index contributed by atoms with van der Waals surface area (Å²) in [6.45, 7) is 18.3. The van der Waals surface area contributed by atoms with Crippen LogP contribution in [0.4, 0.5) is 0 Å². The summed E-state index contributed by atoms with van der Waals surface area (Å²) in [5.74, 6) is 0.831. The van der Waals surface area contributed by atoms with Crippen LogP contribution >= 0.6 is 0 Å². The van der Waals surface area contributed by atoms with E-state index < -0.39 is 0 Å². The van der Waals surface area contributed by atoms with Crippen molar-refractivity contribution in [3.8, 4) is 0 Å². The number of hydrogen-bond donors (Lipinski definition) is 0. The van der Waals surface area contributed by atoms with Crippen LogP contribution in [0.25, 0.3) is 0 Å². The smallest absolute Gasteiger partial charge is 0.305 e. The molecule has 0 heterocycles. The third kappa shape index (κ3) is 11.1. The molecule has 0 fully saturated rings. The molecule has 0 saturated heterocycles. The fourth-order valence-electron chi connectivity index (χ4n) is 2.96. The Morgan fingerprint density at radius 1 is 0.679 bits per heavy atom. The van der Waals surface area contributed by atoms with E-state index >= 15 is 0 Å². The summed E-state index contributed by atoms with van der Waals surface area (Å²) in [6.07, 6.45) is 6.61. The van der Waals surface area contributed by atoms with Crippen molar-refractivity contribution in [3.63, 3.8) is 0 Å². The fourth-order valence-corrected chi connectivity index (χ4v) is 2.96. The SMILES string of the molecule is CCC(C)C(C)(C)COC(=O)CCCCCCC(=O)OCC(C)(C)C(C)CC. The predicted octanol–water partition coefficient (Wildman–Crippen LogP) is 6.56. The Kier molecular flexibility index (Phi) is 12.7. The highest BCUT2D eigenvalue weighted by Gasteiger charge is 2.27. The maximum absolute atomic E-state index is 11.9. The highest BCUT2D eigenvalue weighted by molar-refractivity contribution is 5.69. The van der Waals surface area contributed by atoms with Gasteiger partial charge >= 0.3 is 11.9 Å². The minimum Gasteiger partial charge on any atom is -0.465 e.